The fraction of sp³-hybridized carbons (Fsp3) is 0.500. The number of benzene rings is 1. The number of hydrogen-bond acceptors (Lipinski definition) is 3. The average Bonchev–Trinajstić information content (AvgIpc) is 2.36. The minimum atomic E-state index is -0.914. The van der Waals surface area contributed by atoms with Crippen molar-refractivity contribution in [2.45, 2.75) is 31.8 Å². The third-order valence-corrected chi connectivity index (χ3v) is 3.77. The Kier molecular flexibility index (Phi) is 6.73. The molecular formula is C14H22N2O2S. The molecule has 1 aromatic rings. The molecule has 0 aliphatic rings. The molecule has 19 heavy (non-hydrogen) atoms. The van der Waals surface area contributed by atoms with Gasteiger partial charge in [-0.15, -0.1) is 0 Å². The SMILES string of the molecule is CC(CS(C)=O)NC(=O)C(N)CCc1ccccc1. The first-order valence-corrected chi connectivity index (χ1v) is 8.11. The molecule has 0 radical (unpaired) electrons. The van der Waals surface area contributed by atoms with Crippen molar-refractivity contribution in [1.82, 2.24) is 5.32 Å². The lowest BCUT2D eigenvalue weighted by Gasteiger charge is -2.16. The molecule has 1 aromatic carbocycles. The van der Waals surface area contributed by atoms with Gasteiger partial charge in [0.1, 0.15) is 0 Å². The van der Waals surface area contributed by atoms with E-state index < -0.39 is 16.8 Å². The third kappa shape index (κ3) is 6.50. The normalized spacial score (nSPS) is 15.5. The number of amides is 1. The van der Waals surface area contributed by atoms with Gasteiger partial charge in [-0.05, 0) is 25.3 Å². The fourth-order valence-electron chi connectivity index (χ4n) is 1.84. The van der Waals surface area contributed by atoms with E-state index >= 15 is 0 Å². The summed E-state index contributed by atoms with van der Waals surface area (Å²) in [6, 6.07) is 9.32. The van der Waals surface area contributed by atoms with Crippen molar-refractivity contribution in [2.24, 2.45) is 5.73 Å². The molecule has 5 heteroatoms. The van der Waals surface area contributed by atoms with Crippen LogP contribution in [0.15, 0.2) is 30.3 Å². The van der Waals surface area contributed by atoms with Gasteiger partial charge in [0.25, 0.3) is 0 Å². The molecule has 4 nitrogen and oxygen atoms in total. The topological polar surface area (TPSA) is 72.2 Å². The molecule has 0 fully saturated rings. The Morgan fingerprint density at radius 2 is 2.00 bits per heavy atom. The summed E-state index contributed by atoms with van der Waals surface area (Å²) in [5.74, 6) is 0.283. The number of carbonyl (C=O) groups is 1. The summed E-state index contributed by atoms with van der Waals surface area (Å²) in [5.41, 5.74) is 7.03. The van der Waals surface area contributed by atoms with Gasteiger partial charge in [0.05, 0.1) is 6.04 Å². The molecule has 0 saturated carbocycles. The number of nitrogens with two attached hydrogens (primary N) is 1. The molecule has 0 aliphatic carbocycles. The monoisotopic (exact) mass is 282 g/mol. The molecule has 0 spiro atoms. The van der Waals surface area contributed by atoms with Gasteiger partial charge in [-0.1, -0.05) is 30.3 Å². The summed E-state index contributed by atoms with van der Waals surface area (Å²) in [5, 5.41) is 2.79. The Morgan fingerprint density at radius 3 is 2.58 bits per heavy atom. The second kappa shape index (κ2) is 8.07. The van der Waals surface area contributed by atoms with Gasteiger partial charge in [0, 0.05) is 28.9 Å². The van der Waals surface area contributed by atoms with Crippen LogP contribution in [0.5, 0.6) is 0 Å². The summed E-state index contributed by atoms with van der Waals surface area (Å²) >= 11 is 0. The van der Waals surface area contributed by atoms with Gasteiger partial charge in [-0.2, -0.15) is 0 Å². The maximum absolute atomic E-state index is 11.8. The van der Waals surface area contributed by atoms with Crippen molar-refractivity contribution in [3.05, 3.63) is 35.9 Å². The van der Waals surface area contributed by atoms with Gasteiger partial charge >= 0.3 is 0 Å². The zero-order valence-electron chi connectivity index (χ0n) is 11.5. The Labute approximate surface area is 117 Å². The molecule has 0 aliphatic heterocycles. The molecule has 3 unspecified atom stereocenters. The maximum atomic E-state index is 11.8. The standard InChI is InChI=1S/C14H22N2O2S/c1-11(10-19(2)18)16-14(17)13(15)9-8-12-6-4-3-5-7-12/h3-7,11,13H,8-10,15H2,1-2H3,(H,16,17). The van der Waals surface area contributed by atoms with E-state index in [0.717, 1.165) is 6.42 Å². The minimum absolute atomic E-state index is 0.110. The zero-order valence-corrected chi connectivity index (χ0v) is 12.3. The number of carbonyl (C=O) groups excluding carboxylic acids is 1. The Balaban J connectivity index is 2.34. The van der Waals surface area contributed by atoms with Crippen LogP contribution in [0.3, 0.4) is 0 Å². The highest BCUT2D eigenvalue weighted by Gasteiger charge is 2.16. The van der Waals surface area contributed by atoms with E-state index in [0.29, 0.717) is 12.2 Å². The highest BCUT2D eigenvalue weighted by molar-refractivity contribution is 7.84. The Hall–Kier alpha value is -1.20. The minimum Gasteiger partial charge on any atom is -0.351 e. The van der Waals surface area contributed by atoms with Crippen LogP contribution >= 0.6 is 0 Å². The van der Waals surface area contributed by atoms with Crippen LogP contribution in [0.1, 0.15) is 18.9 Å². The lowest BCUT2D eigenvalue weighted by Crippen LogP contribution is -2.46. The molecule has 106 valence electrons. The van der Waals surface area contributed by atoms with E-state index in [1.165, 1.54) is 5.56 Å². The first-order valence-electron chi connectivity index (χ1n) is 6.39. The quantitative estimate of drug-likeness (QED) is 0.778. The van der Waals surface area contributed by atoms with Crippen LogP contribution < -0.4 is 11.1 Å². The van der Waals surface area contributed by atoms with Crippen molar-refractivity contribution < 1.29 is 9.00 Å². The Morgan fingerprint density at radius 1 is 1.37 bits per heavy atom. The third-order valence-electron chi connectivity index (χ3n) is 2.80. The Bertz CT molecular complexity index is 423. The number of nitrogens with one attached hydrogen (secondary N) is 1. The van der Waals surface area contributed by atoms with Crippen LogP contribution in [-0.2, 0) is 22.0 Å². The van der Waals surface area contributed by atoms with E-state index in [-0.39, 0.29) is 11.9 Å². The van der Waals surface area contributed by atoms with E-state index in [1.54, 1.807) is 6.26 Å². The predicted molar refractivity (Wildman–Crippen MR) is 79.3 cm³/mol. The lowest BCUT2D eigenvalue weighted by molar-refractivity contribution is -0.122. The summed E-state index contributed by atoms with van der Waals surface area (Å²) in [4.78, 5) is 11.8. The van der Waals surface area contributed by atoms with E-state index in [4.69, 9.17) is 5.73 Å². The van der Waals surface area contributed by atoms with E-state index in [2.05, 4.69) is 5.32 Å². The predicted octanol–water partition coefficient (Wildman–Crippen LogP) is 0.830. The molecule has 0 bridgehead atoms. The van der Waals surface area contributed by atoms with Crippen molar-refractivity contribution >= 4 is 16.7 Å². The molecule has 3 N–H and O–H groups in total. The first-order chi connectivity index (χ1) is 8.99. The molecular weight excluding hydrogens is 260 g/mol. The smallest absolute Gasteiger partial charge is 0.237 e. The lowest BCUT2D eigenvalue weighted by atomic mass is 10.1. The van der Waals surface area contributed by atoms with E-state index in [1.807, 2.05) is 37.3 Å². The van der Waals surface area contributed by atoms with Crippen LogP contribution in [0, 0.1) is 0 Å². The summed E-state index contributed by atoms with van der Waals surface area (Å²) in [6.45, 7) is 1.84. The fourth-order valence-corrected chi connectivity index (χ4v) is 2.63. The van der Waals surface area contributed by atoms with E-state index in [9.17, 15) is 9.00 Å². The van der Waals surface area contributed by atoms with Crippen LogP contribution in [0.25, 0.3) is 0 Å². The largest absolute Gasteiger partial charge is 0.351 e. The highest BCUT2D eigenvalue weighted by Crippen LogP contribution is 2.04. The summed E-state index contributed by atoms with van der Waals surface area (Å²) < 4.78 is 11.0. The molecule has 1 amide bonds. The molecule has 0 aromatic heterocycles. The van der Waals surface area contributed by atoms with Crippen molar-refractivity contribution in [3.8, 4) is 0 Å². The maximum Gasteiger partial charge on any atom is 0.237 e. The van der Waals surface area contributed by atoms with Gasteiger partial charge in [0.15, 0.2) is 0 Å². The van der Waals surface area contributed by atoms with Crippen LogP contribution in [-0.4, -0.2) is 34.2 Å². The van der Waals surface area contributed by atoms with Gasteiger partial charge in [-0.3, -0.25) is 9.00 Å². The average molecular weight is 282 g/mol. The van der Waals surface area contributed by atoms with Gasteiger partial charge in [0.2, 0.25) is 5.91 Å². The molecule has 3 atom stereocenters. The van der Waals surface area contributed by atoms with Crippen LogP contribution in [0.2, 0.25) is 0 Å². The van der Waals surface area contributed by atoms with Gasteiger partial charge in [-0.25, -0.2) is 0 Å². The number of hydrogen-bond donors (Lipinski definition) is 2. The van der Waals surface area contributed by atoms with Crippen molar-refractivity contribution in [3.63, 3.8) is 0 Å². The molecule has 0 heterocycles. The molecule has 1 rings (SSSR count). The first kappa shape index (κ1) is 15.9. The number of aryl methyl sites for hydroxylation is 1. The second-order valence-corrected chi connectivity index (χ2v) is 6.26. The summed E-state index contributed by atoms with van der Waals surface area (Å²) in [7, 11) is -0.914. The van der Waals surface area contributed by atoms with Crippen molar-refractivity contribution in [2.75, 3.05) is 12.0 Å². The van der Waals surface area contributed by atoms with Crippen molar-refractivity contribution in [1.29, 1.82) is 0 Å². The molecule has 0 saturated heterocycles. The zero-order chi connectivity index (χ0) is 14.3. The second-order valence-electron chi connectivity index (χ2n) is 4.78. The highest BCUT2D eigenvalue weighted by atomic mass is 32.2. The van der Waals surface area contributed by atoms with Gasteiger partial charge < -0.3 is 11.1 Å². The summed E-state index contributed by atoms with van der Waals surface area (Å²) in [6.07, 6.45) is 3.01. The number of rotatable bonds is 7. The van der Waals surface area contributed by atoms with Crippen LogP contribution in [0.4, 0.5) is 0 Å².